The number of nitrogens with zero attached hydrogens (tertiary/aromatic N) is 3. The van der Waals surface area contributed by atoms with Crippen LogP contribution >= 0.6 is 15.9 Å². The molecule has 0 aliphatic carbocycles. The molecule has 1 amide bonds. The molecule has 1 aliphatic rings. The van der Waals surface area contributed by atoms with Crippen LogP contribution < -0.4 is 14.8 Å². The van der Waals surface area contributed by atoms with Gasteiger partial charge in [-0.25, -0.2) is 0 Å². The fourth-order valence-electron chi connectivity index (χ4n) is 3.79. The Bertz CT molecular complexity index is 1070. The summed E-state index contributed by atoms with van der Waals surface area (Å²) in [6.07, 6.45) is 1.74. The van der Waals surface area contributed by atoms with Crippen LogP contribution in [0.3, 0.4) is 0 Å². The minimum atomic E-state index is -0.145. The van der Waals surface area contributed by atoms with E-state index in [9.17, 15) is 4.79 Å². The van der Waals surface area contributed by atoms with Gasteiger partial charge in [0.2, 0.25) is 17.6 Å². The maximum absolute atomic E-state index is 13.0. The summed E-state index contributed by atoms with van der Waals surface area (Å²) in [5, 5.41) is 7.09. The molecular formula is C23H25BrN4O4. The fraction of sp³-hybridized carbons (Fsp3) is 0.348. The molecule has 1 atom stereocenters. The number of aromatic nitrogens is 2. The van der Waals surface area contributed by atoms with Gasteiger partial charge in [0.05, 0.1) is 32.4 Å². The van der Waals surface area contributed by atoms with Crippen molar-refractivity contribution in [1.29, 1.82) is 0 Å². The number of benzene rings is 2. The van der Waals surface area contributed by atoms with Crippen molar-refractivity contribution in [3.63, 3.8) is 0 Å². The second kappa shape index (κ2) is 10.1. The number of nitrogens with one attached hydrogen (secondary N) is 1. The van der Waals surface area contributed by atoms with Crippen LogP contribution in [0.1, 0.15) is 18.7 Å². The Morgan fingerprint density at radius 2 is 2.03 bits per heavy atom. The van der Waals surface area contributed by atoms with Gasteiger partial charge in [0.1, 0.15) is 11.5 Å². The molecule has 32 heavy (non-hydrogen) atoms. The fourth-order valence-corrected chi connectivity index (χ4v) is 4.05. The highest BCUT2D eigenvalue weighted by molar-refractivity contribution is 9.10. The van der Waals surface area contributed by atoms with Crippen LogP contribution in [0.25, 0.3) is 11.4 Å². The third kappa shape index (κ3) is 5.28. The first-order chi connectivity index (χ1) is 15.6. The number of methoxy groups -OCH3 is 2. The van der Waals surface area contributed by atoms with Gasteiger partial charge >= 0.3 is 0 Å². The zero-order chi connectivity index (χ0) is 22.5. The lowest BCUT2D eigenvalue weighted by atomic mass is 9.97. The number of hydrogen-bond acceptors (Lipinski definition) is 7. The summed E-state index contributed by atoms with van der Waals surface area (Å²) < 4.78 is 17.1. The molecule has 1 unspecified atom stereocenters. The Morgan fingerprint density at radius 3 is 2.78 bits per heavy atom. The average Bonchev–Trinajstić information content (AvgIpc) is 3.28. The van der Waals surface area contributed by atoms with E-state index >= 15 is 0 Å². The lowest BCUT2D eigenvalue weighted by molar-refractivity contribution is -0.121. The third-order valence-electron chi connectivity index (χ3n) is 5.47. The second-order valence-electron chi connectivity index (χ2n) is 7.65. The Labute approximate surface area is 195 Å². The van der Waals surface area contributed by atoms with E-state index in [2.05, 4.69) is 36.3 Å². The Balaban J connectivity index is 1.38. The maximum atomic E-state index is 13.0. The summed E-state index contributed by atoms with van der Waals surface area (Å²) >= 11 is 3.43. The topological polar surface area (TPSA) is 89.7 Å². The molecule has 4 rings (SSSR count). The van der Waals surface area contributed by atoms with Gasteiger partial charge in [-0.15, -0.1) is 0 Å². The van der Waals surface area contributed by atoms with E-state index in [1.165, 1.54) is 0 Å². The number of halogens is 1. The number of rotatable bonds is 7. The number of carbonyl (C=O) groups excluding carboxylic acids is 1. The van der Waals surface area contributed by atoms with Crippen molar-refractivity contribution in [2.75, 3.05) is 32.6 Å². The number of piperidine rings is 1. The minimum Gasteiger partial charge on any atom is -0.497 e. The van der Waals surface area contributed by atoms with E-state index in [4.69, 9.17) is 14.0 Å². The van der Waals surface area contributed by atoms with Crippen molar-refractivity contribution in [3.8, 4) is 22.9 Å². The van der Waals surface area contributed by atoms with E-state index in [0.29, 0.717) is 42.0 Å². The standard InChI is InChI=1S/C23H25BrN4O4/c1-30-18-9-10-20(31-2)19(12-18)25-23(29)16-4-3-11-28(13-16)14-21-26-22(27-32-21)15-5-7-17(24)8-6-15/h5-10,12,16H,3-4,11,13-14H2,1-2H3,(H,25,29). The number of amides is 1. The normalized spacial score (nSPS) is 16.5. The first-order valence-electron chi connectivity index (χ1n) is 10.4. The molecule has 1 N–H and O–H groups in total. The van der Waals surface area contributed by atoms with Crippen LogP contribution in [-0.2, 0) is 11.3 Å². The molecule has 8 nitrogen and oxygen atoms in total. The predicted molar refractivity (Wildman–Crippen MR) is 124 cm³/mol. The number of carbonyl (C=O) groups is 1. The predicted octanol–water partition coefficient (Wildman–Crippen LogP) is 4.37. The molecule has 1 aromatic heterocycles. The highest BCUT2D eigenvalue weighted by Crippen LogP contribution is 2.30. The SMILES string of the molecule is COc1ccc(OC)c(NC(=O)C2CCCN(Cc3nc(-c4ccc(Br)cc4)no3)C2)c1. The Morgan fingerprint density at radius 1 is 1.22 bits per heavy atom. The number of ether oxygens (including phenoxy) is 2. The third-order valence-corrected chi connectivity index (χ3v) is 6.00. The summed E-state index contributed by atoms with van der Waals surface area (Å²) in [4.78, 5) is 19.7. The smallest absolute Gasteiger partial charge is 0.241 e. The van der Waals surface area contributed by atoms with Crippen molar-refractivity contribution in [1.82, 2.24) is 15.0 Å². The van der Waals surface area contributed by atoms with Crippen molar-refractivity contribution in [2.45, 2.75) is 19.4 Å². The number of hydrogen-bond donors (Lipinski definition) is 1. The summed E-state index contributed by atoms with van der Waals surface area (Å²) in [5.41, 5.74) is 1.50. The molecule has 1 fully saturated rings. The highest BCUT2D eigenvalue weighted by Gasteiger charge is 2.27. The van der Waals surface area contributed by atoms with E-state index in [1.54, 1.807) is 32.4 Å². The van der Waals surface area contributed by atoms with Crippen molar-refractivity contribution in [3.05, 3.63) is 52.8 Å². The average molecular weight is 501 g/mol. The monoisotopic (exact) mass is 500 g/mol. The van der Waals surface area contributed by atoms with Gasteiger partial charge in [0, 0.05) is 22.6 Å². The molecule has 2 aromatic carbocycles. The molecule has 0 saturated carbocycles. The summed E-state index contributed by atoms with van der Waals surface area (Å²) in [6, 6.07) is 13.1. The van der Waals surface area contributed by atoms with Crippen LogP contribution in [0.5, 0.6) is 11.5 Å². The summed E-state index contributed by atoms with van der Waals surface area (Å²) in [5.74, 6) is 2.17. The van der Waals surface area contributed by atoms with Crippen LogP contribution in [-0.4, -0.2) is 48.3 Å². The number of likely N-dealkylation sites (tertiary alicyclic amines) is 1. The van der Waals surface area contributed by atoms with Crippen LogP contribution in [0.15, 0.2) is 51.5 Å². The van der Waals surface area contributed by atoms with Gasteiger partial charge in [0.25, 0.3) is 0 Å². The molecular weight excluding hydrogens is 476 g/mol. The highest BCUT2D eigenvalue weighted by atomic mass is 79.9. The molecule has 0 radical (unpaired) electrons. The molecule has 1 saturated heterocycles. The molecule has 9 heteroatoms. The van der Waals surface area contributed by atoms with Crippen molar-refractivity contribution in [2.24, 2.45) is 5.92 Å². The van der Waals surface area contributed by atoms with Crippen molar-refractivity contribution < 1.29 is 18.8 Å². The molecule has 1 aliphatic heterocycles. The first-order valence-corrected chi connectivity index (χ1v) is 11.2. The Hall–Kier alpha value is -2.91. The van der Waals surface area contributed by atoms with E-state index in [1.807, 2.05) is 24.3 Å². The van der Waals surface area contributed by atoms with Gasteiger partial charge in [-0.1, -0.05) is 21.1 Å². The molecule has 3 aromatic rings. The molecule has 0 spiro atoms. The lowest BCUT2D eigenvalue weighted by Gasteiger charge is -2.31. The number of anilines is 1. The minimum absolute atomic E-state index is 0.0395. The van der Waals surface area contributed by atoms with E-state index in [-0.39, 0.29) is 11.8 Å². The summed E-state index contributed by atoms with van der Waals surface area (Å²) in [6.45, 7) is 2.01. The molecule has 0 bridgehead atoms. The first kappa shape index (κ1) is 22.3. The van der Waals surface area contributed by atoms with Gasteiger partial charge in [-0.05, 0) is 55.8 Å². The quantitative estimate of drug-likeness (QED) is 0.515. The largest absolute Gasteiger partial charge is 0.497 e. The van der Waals surface area contributed by atoms with Gasteiger partial charge in [-0.3, -0.25) is 9.69 Å². The lowest BCUT2D eigenvalue weighted by Crippen LogP contribution is -2.40. The van der Waals surface area contributed by atoms with E-state index < -0.39 is 0 Å². The maximum Gasteiger partial charge on any atom is 0.241 e. The van der Waals surface area contributed by atoms with Crippen LogP contribution in [0, 0.1) is 5.92 Å². The zero-order valence-corrected chi connectivity index (χ0v) is 19.6. The second-order valence-corrected chi connectivity index (χ2v) is 8.56. The van der Waals surface area contributed by atoms with Gasteiger partial charge < -0.3 is 19.3 Å². The zero-order valence-electron chi connectivity index (χ0n) is 18.0. The van der Waals surface area contributed by atoms with E-state index in [0.717, 1.165) is 29.4 Å². The van der Waals surface area contributed by atoms with Gasteiger partial charge in [-0.2, -0.15) is 4.98 Å². The summed E-state index contributed by atoms with van der Waals surface area (Å²) in [7, 11) is 3.17. The van der Waals surface area contributed by atoms with Crippen LogP contribution in [0.2, 0.25) is 0 Å². The Kier molecular flexibility index (Phi) is 7.06. The molecule has 168 valence electrons. The van der Waals surface area contributed by atoms with Crippen LogP contribution in [0.4, 0.5) is 5.69 Å². The molecule has 2 heterocycles. The van der Waals surface area contributed by atoms with Gasteiger partial charge in [0.15, 0.2) is 0 Å². The van der Waals surface area contributed by atoms with Crippen molar-refractivity contribution >= 4 is 27.5 Å².